The van der Waals surface area contributed by atoms with E-state index in [1.165, 1.54) is 34.9 Å². The molecule has 0 aliphatic rings. The summed E-state index contributed by atoms with van der Waals surface area (Å²) in [7, 11) is 1.46. The number of hydrogen-bond acceptors (Lipinski definition) is 4. The lowest BCUT2D eigenvalue weighted by molar-refractivity contribution is -0.137. The quantitative estimate of drug-likeness (QED) is 0.759. The first-order valence-corrected chi connectivity index (χ1v) is 8.42. The van der Waals surface area contributed by atoms with Crippen molar-refractivity contribution >= 4 is 22.2 Å². The first-order valence-electron chi connectivity index (χ1n) is 7.61. The molecule has 0 saturated heterocycles. The molecule has 2 aromatic heterocycles. The van der Waals surface area contributed by atoms with Crippen molar-refractivity contribution in [3.05, 3.63) is 68.1 Å². The van der Waals surface area contributed by atoms with Crippen molar-refractivity contribution in [2.24, 2.45) is 0 Å². The Labute approximate surface area is 150 Å². The van der Waals surface area contributed by atoms with Crippen LogP contribution in [0.3, 0.4) is 0 Å². The first kappa shape index (κ1) is 18.1. The number of alkyl halides is 3. The molecule has 1 aromatic carbocycles. The normalized spacial score (nSPS) is 11.7. The van der Waals surface area contributed by atoms with Crippen molar-refractivity contribution in [2.75, 3.05) is 7.05 Å². The van der Waals surface area contributed by atoms with Gasteiger partial charge in [0.05, 0.1) is 11.3 Å². The van der Waals surface area contributed by atoms with Gasteiger partial charge in [-0.1, -0.05) is 18.2 Å². The van der Waals surface area contributed by atoms with Gasteiger partial charge in [-0.25, -0.2) is 9.38 Å². The van der Waals surface area contributed by atoms with Gasteiger partial charge in [0.2, 0.25) is 0 Å². The SMILES string of the molecule is CNC(=O)c1c(C)sc2nc(Cc3cccc(C(F)(F)F)c3)cc(=O)n12. The second-order valence-electron chi connectivity index (χ2n) is 5.66. The molecule has 9 heteroatoms. The molecular weight excluding hydrogens is 367 g/mol. The molecule has 0 atom stereocenters. The van der Waals surface area contributed by atoms with E-state index in [4.69, 9.17) is 0 Å². The highest BCUT2D eigenvalue weighted by Gasteiger charge is 2.30. The van der Waals surface area contributed by atoms with Crippen molar-refractivity contribution in [1.29, 1.82) is 0 Å². The van der Waals surface area contributed by atoms with Gasteiger partial charge in [0.1, 0.15) is 5.69 Å². The first-order chi connectivity index (χ1) is 12.2. The van der Waals surface area contributed by atoms with E-state index < -0.39 is 23.2 Å². The number of thiazole rings is 1. The van der Waals surface area contributed by atoms with Gasteiger partial charge in [-0.05, 0) is 18.6 Å². The summed E-state index contributed by atoms with van der Waals surface area (Å²) >= 11 is 1.18. The monoisotopic (exact) mass is 381 g/mol. The molecule has 0 unspecified atom stereocenters. The highest BCUT2D eigenvalue weighted by atomic mass is 32.1. The van der Waals surface area contributed by atoms with Crippen LogP contribution in [0.4, 0.5) is 13.2 Å². The smallest absolute Gasteiger partial charge is 0.354 e. The van der Waals surface area contributed by atoms with Crippen molar-refractivity contribution in [3.63, 3.8) is 0 Å². The second kappa shape index (κ2) is 6.56. The zero-order valence-electron chi connectivity index (χ0n) is 13.8. The van der Waals surface area contributed by atoms with Crippen LogP contribution < -0.4 is 10.9 Å². The minimum absolute atomic E-state index is 0.0852. The average Bonchev–Trinajstić information content (AvgIpc) is 2.90. The molecular formula is C17H14F3N3O2S. The maximum Gasteiger partial charge on any atom is 0.416 e. The summed E-state index contributed by atoms with van der Waals surface area (Å²) < 4.78 is 39.7. The summed E-state index contributed by atoms with van der Waals surface area (Å²) in [6.45, 7) is 1.70. The molecule has 0 radical (unpaired) electrons. The van der Waals surface area contributed by atoms with E-state index in [0.717, 1.165) is 12.1 Å². The Balaban J connectivity index is 2.03. The molecule has 1 amide bonds. The fourth-order valence-electron chi connectivity index (χ4n) is 2.66. The number of fused-ring (bicyclic) bond motifs is 1. The molecule has 0 saturated carbocycles. The topological polar surface area (TPSA) is 63.5 Å². The molecule has 0 fully saturated rings. The Morgan fingerprint density at radius 1 is 1.31 bits per heavy atom. The van der Waals surface area contributed by atoms with Crippen LogP contribution in [0.2, 0.25) is 0 Å². The van der Waals surface area contributed by atoms with E-state index in [0.29, 0.717) is 21.1 Å². The van der Waals surface area contributed by atoms with E-state index in [1.54, 1.807) is 13.0 Å². The van der Waals surface area contributed by atoms with Crippen molar-refractivity contribution in [3.8, 4) is 0 Å². The summed E-state index contributed by atoms with van der Waals surface area (Å²) in [6, 6.07) is 6.15. The Bertz CT molecular complexity index is 1050. The van der Waals surface area contributed by atoms with Gasteiger partial charge >= 0.3 is 6.18 Å². The van der Waals surface area contributed by atoms with Crippen LogP contribution in [0.5, 0.6) is 0 Å². The number of nitrogens with zero attached hydrogens (tertiary/aromatic N) is 2. The third-order valence-electron chi connectivity index (χ3n) is 3.82. The highest BCUT2D eigenvalue weighted by Crippen LogP contribution is 2.30. The minimum atomic E-state index is -4.43. The van der Waals surface area contributed by atoms with E-state index in [9.17, 15) is 22.8 Å². The number of nitrogens with one attached hydrogen (secondary N) is 1. The molecule has 136 valence electrons. The number of rotatable bonds is 3. The van der Waals surface area contributed by atoms with Crippen molar-refractivity contribution < 1.29 is 18.0 Å². The highest BCUT2D eigenvalue weighted by molar-refractivity contribution is 7.17. The number of aryl methyl sites for hydroxylation is 1. The Morgan fingerprint density at radius 2 is 2.04 bits per heavy atom. The number of benzene rings is 1. The maximum atomic E-state index is 12.8. The molecule has 0 bridgehead atoms. The third-order valence-corrected chi connectivity index (χ3v) is 4.78. The molecule has 0 aliphatic heterocycles. The molecule has 3 aromatic rings. The molecule has 3 rings (SSSR count). The average molecular weight is 381 g/mol. The summed E-state index contributed by atoms with van der Waals surface area (Å²) in [4.78, 5) is 29.7. The molecule has 2 heterocycles. The fourth-order valence-corrected chi connectivity index (χ4v) is 3.65. The van der Waals surface area contributed by atoms with E-state index in [2.05, 4.69) is 10.3 Å². The minimum Gasteiger partial charge on any atom is -0.354 e. The molecule has 1 N–H and O–H groups in total. The predicted octanol–water partition coefficient (Wildman–Crippen LogP) is 3.03. The third kappa shape index (κ3) is 3.34. The number of aromatic nitrogens is 2. The largest absolute Gasteiger partial charge is 0.416 e. The van der Waals surface area contributed by atoms with Crippen LogP contribution in [0.15, 0.2) is 35.1 Å². The van der Waals surface area contributed by atoms with E-state index in [-0.39, 0.29) is 12.1 Å². The zero-order chi connectivity index (χ0) is 19.1. The lowest BCUT2D eigenvalue weighted by Crippen LogP contribution is -2.25. The lowest BCUT2D eigenvalue weighted by Gasteiger charge is -2.08. The van der Waals surface area contributed by atoms with Crippen LogP contribution in [0.25, 0.3) is 4.96 Å². The van der Waals surface area contributed by atoms with Gasteiger partial charge < -0.3 is 5.32 Å². The molecule has 0 aliphatic carbocycles. The van der Waals surface area contributed by atoms with Crippen molar-refractivity contribution in [1.82, 2.24) is 14.7 Å². The van der Waals surface area contributed by atoms with E-state index in [1.807, 2.05) is 0 Å². The summed E-state index contributed by atoms with van der Waals surface area (Å²) in [5.41, 5.74) is -0.230. The van der Waals surface area contributed by atoms with Gasteiger partial charge in [-0.15, -0.1) is 11.3 Å². The predicted molar refractivity (Wildman–Crippen MR) is 91.7 cm³/mol. The summed E-state index contributed by atoms with van der Waals surface area (Å²) in [5, 5.41) is 2.48. The Hall–Kier alpha value is -2.68. The second-order valence-corrected chi connectivity index (χ2v) is 6.85. The number of carbonyl (C=O) groups is 1. The number of halogens is 3. The van der Waals surface area contributed by atoms with Gasteiger partial charge in [0, 0.05) is 24.4 Å². The van der Waals surface area contributed by atoms with Gasteiger partial charge in [-0.2, -0.15) is 13.2 Å². The Morgan fingerprint density at radius 3 is 2.69 bits per heavy atom. The van der Waals surface area contributed by atoms with Crippen LogP contribution in [0, 0.1) is 6.92 Å². The summed E-state index contributed by atoms with van der Waals surface area (Å²) in [5.74, 6) is -0.400. The van der Waals surface area contributed by atoms with Gasteiger partial charge in [0.15, 0.2) is 4.96 Å². The van der Waals surface area contributed by atoms with E-state index >= 15 is 0 Å². The van der Waals surface area contributed by atoms with Crippen LogP contribution in [0.1, 0.15) is 32.2 Å². The van der Waals surface area contributed by atoms with Crippen LogP contribution >= 0.6 is 11.3 Å². The molecule has 5 nitrogen and oxygen atoms in total. The fraction of sp³-hybridized carbons (Fsp3) is 0.235. The molecule has 26 heavy (non-hydrogen) atoms. The zero-order valence-corrected chi connectivity index (χ0v) is 14.7. The number of hydrogen-bond donors (Lipinski definition) is 1. The number of carbonyl (C=O) groups excluding carboxylic acids is 1. The maximum absolute atomic E-state index is 12.8. The van der Waals surface area contributed by atoms with Gasteiger partial charge in [-0.3, -0.25) is 9.59 Å². The van der Waals surface area contributed by atoms with Crippen molar-refractivity contribution in [2.45, 2.75) is 19.5 Å². The molecule has 0 spiro atoms. The standard InChI is InChI=1S/C17H14F3N3O2S/c1-9-14(15(25)21-2)23-13(24)8-12(22-16(23)26-9)7-10-4-3-5-11(6-10)17(18,19)20/h3-6,8H,7H2,1-2H3,(H,21,25). The lowest BCUT2D eigenvalue weighted by atomic mass is 10.1. The summed E-state index contributed by atoms with van der Waals surface area (Å²) in [6.07, 6.45) is -4.35. The van der Waals surface area contributed by atoms with Crippen LogP contribution in [-0.2, 0) is 12.6 Å². The Kier molecular flexibility index (Phi) is 4.57. The van der Waals surface area contributed by atoms with Crippen LogP contribution in [-0.4, -0.2) is 22.3 Å². The van der Waals surface area contributed by atoms with Gasteiger partial charge in [0.25, 0.3) is 11.5 Å². The number of amides is 1.